The first-order valence-electron chi connectivity index (χ1n) is 7.50. The highest BCUT2D eigenvalue weighted by Crippen LogP contribution is 2.40. The van der Waals surface area contributed by atoms with Gasteiger partial charge in [0.15, 0.2) is 0 Å². The van der Waals surface area contributed by atoms with E-state index in [1.807, 2.05) is 0 Å². The van der Waals surface area contributed by atoms with E-state index in [1.54, 1.807) is 25.1 Å². The zero-order chi connectivity index (χ0) is 18.4. The molecular weight excluding hydrogens is 346 g/mol. The van der Waals surface area contributed by atoms with Gasteiger partial charge in [-0.15, -0.1) is 11.8 Å². The molecule has 0 aromatic heterocycles. The average molecular weight is 363 g/mol. The first-order chi connectivity index (χ1) is 11.7. The molecule has 1 unspecified atom stereocenters. The number of β-lactam (4-membered cyclic amide) rings is 1. The van der Waals surface area contributed by atoms with E-state index >= 15 is 0 Å². The van der Waals surface area contributed by atoms with Gasteiger partial charge >= 0.3 is 5.97 Å². The highest BCUT2D eigenvalue weighted by Gasteiger charge is 2.54. The monoisotopic (exact) mass is 363 g/mol. The molecule has 0 saturated carbocycles. The van der Waals surface area contributed by atoms with E-state index in [-0.39, 0.29) is 11.3 Å². The minimum Gasteiger partial charge on any atom is -0.477 e. The summed E-state index contributed by atoms with van der Waals surface area (Å²) in [6, 6.07) is 7.03. The number of aliphatic hydroxyl groups is 1. The first-order valence-corrected chi connectivity index (χ1v) is 8.55. The van der Waals surface area contributed by atoms with Crippen LogP contribution in [0.2, 0.25) is 0 Å². The maximum Gasteiger partial charge on any atom is 0.352 e. The number of nitrogens with zero attached hydrogens (tertiary/aromatic N) is 1. The second kappa shape index (κ2) is 6.17. The van der Waals surface area contributed by atoms with E-state index in [9.17, 15) is 24.6 Å². The fraction of sp³-hybridized carbons (Fsp3) is 0.312. The Kier molecular flexibility index (Phi) is 4.31. The van der Waals surface area contributed by atoms with Crippen LogP contribution < -0.4 is 11.1 Å². The van der Waals surface area contributed by atoms with Crippen LogP contribution in [0.4, 0.5) is 0 Å². The average Bonchev–Trinajstić information content (AvgIpc) is 2.59. The van der Waals surface area contributed by atoms with Crippen molar-refractivity contribution >= 4 is 29.5 Å². The van der Waals surface area contributed by atoms with Crippen LogP contribution in [-0.2, 0) is 20.1 Å². The SMILES string of the molecule is CC1=C(C(=O)O)N2C(=O)[C@@H](NC(=O)C(N)(O)c3ccccc3)[C@H]2SC1. The van der Waals surface area contributed by atoms with Crippen LogP contribution in [0, 0.1) is 0 Å². The molecule has 0 bridgehead atoms. The molecule has 5 N–H and O–H groups in total. The van der Waals surface area contributed by atoms with Gasteiger partial charge < -0.3 is 15.5 Å². The molecule has 2 heterocycles. The van der Waals surface area contributed by atoms with Gasteiger partial charge in [-0.05, 0) is 12.5 Å². The molecule has 3 rings (SSSR count). The zero-order valence-electron chi connectivity index (χ0n) is 13.3. The van der Waals surface area contributed by atoms with Crippen molar-refractivity contribution in [2.45, 2.75) is 24.1 Å². The van der Waals surface area contributed by atoms with Gasteiger partial charge in [0.05, 0.1) is 0 Å². The van der Waals surface area contributed by atoms with Gasteiger partial charge in [-0.3, -0.25) is 20.2 Å². The molecule has 0 radical (unpaired) electrons. The Balaban J connectivity index is 1.77. The smallest absolute Gasteiger partial charge is 0.352 e. The number of carboxylic acid groups (broad SMARTS) is 1. The van der Waals surface area contributed by atoms with E-state index in [4.69, 9.17) is 5.73 Å². The summed E-state index contributed by atoms with van der Waals surface area (Å²) in [4.78, 5) is 37.2. The number of aliphatic carboxylic acids is 1. The number of thioether (sulfide) groups is 1. The van der Waals surface area contributed by atoms with Crippen LogP contribution in [0.3, 0.4) is 0 Å². The van der Waals surface area contributed by atoms with Crippen LogP contribution in [0.1, 0.15) is 12.5 Å². The van der Waals surface area contributed by atoms with Gasteiger partial charge in [0.1, 0.15) is 17.1 Å². The number of carbonyl (C=O) groups excluding carboxylic acids is 2. The summed E-state index contributed by atoms with van der Waals surface area (Å²) >= 11 is 1.35. The van der Waals surface area contributed by atoms with Crippen LogP contribution in [0.5, 0.6) is 0 Å². The lowest BCUT2D eigenvalue weighted by molar-refractivity contribution is -0.154. The van der Waals surface area contributed by atoms with Crippen molar-refractivity contribution in [1.82, 2.24) is 10.2 Å². The van der Waals surface area contributed by atoms with E-state index in [0.717, 1.165) is 4.90 Å². The number of nitrogens with two attached hydrogens (primary N) is 1. The molecule has 1 saturated heterocycles. The predicted molar refractivity (Wildman–Crippen MR) is 89.9 cm³/mol. The third kappa shape index (κ3) is 2.80. The molecule has 3 atom stereocenters. The van der Waals surface area contributed by atoms with E-state index < -0.39 is 34.9 Å². The summed E-state index contributed by atoms with van der Waals surface area (Å²) in [5.74, 6) is -2.19. The molecule has 25 heavy (non-hydrogen) atoms. The van der Waals surface area contributed by atoms with Gasteiger partial charge in [-0.25, -0.2) is 4.79 Å². The number of fused-ring (bicyclic) bond motifs is 1. The molecule has 9 heteroatoms. The molecule has 132 valence electrons. The number of carbonyl (C=O) groups is 3. The number of benzene rings is 1. The normalized spacial score (nSPS) is 24.9. The Morgan fingerprint density at radius 2 is 2.00 bits per heavy atom. The molecule has 0 spiro atoms. The van der Waals surface area contributed by atoms with Crippen molar-refractivity contribution in [2.24, 2.45) is 5.73 Å². The van der Waals surface area contributed by atoms with Gasteiger partial charge in [-0.2, -0.15) is 0 Å². The third-order valence-electron chi connectivity index (χ3n) is 4.21. The summed E-state index contributed by atoms with van der Waals surface area (Å²) in [5, 5.41) is 21.5. The number of rotatable bonds is 4. The van der Waals surface area contributed by atoms with Gasteiger partial charge in [0.25, 0.3) is 11.8 Å². The van der Waals surface area contributed by atoms with Crippen molar-refractivity contribution in [3.05, 3.63) is 47.2 Å². The summed E-state index contributed by atoms with van der Waals surface area (Å²) in [6.07, 6.45) is 0. The minimum atomic E-state index is -2.29. The van der Waals surface area contributed by atoms with Crippen LogP contribution in [0.25, 0.3) is 0 Å². The Morgan fingerprint density at radius 1 is 1.36 bits per heavy atom. The Labute approximate surface area is 147 Å². The summed E-state index contributed by atoms with van der Waals surface area (Å²) in [7, 11) is 0. The standard InChI is InChI=1S/C16H17N3O5S/c1-8-7-25-13-10(12(20)19(13)11(8)14(21)22)18-15(23)16(17,24)9-5-3-2-4-6-9/h2-6,10,13,24H,7,17H2,1H3,(H,18,23)(H,21,22)/t10-,13-,16?/m1/s1. The van der Waals surface area contributed by atoms with Crippen LogP contribution in [-0.4, -0.2) is 50.1 Å². The Bertz CT molecular complexity index is 777. The molecule has 8 nitrogen and oxygen atoms in total. The summed E-state index contributed by atoms with van der Waals surface area (Å²) in [5.41, 5.74) is 4.17. The molecular formula is C16H17N3O5S. The zero-order valence-corrected chi connectivity index (χ0v) is 14.1. The second-order valence-electron chi connectivity index (χ2n) is 5.93. The van der Waals surface area contributed by atoms with Gasteiger partial charge in [0, 0.05) is 11.3 Å². The van der Waals surface area contributed by atoms with Crippen molar-refractivity contribution < 1.29 is 24.6 Å². The van der Waals surface area contributed by atoms with Crippen molar-refractivity contribution in [1.29, 1.82) is 0 Å². The Morgan fingerprint density at radius 3 is 2.60 bits per heavy atom. The van der Waals surface area contributed by atoms with E-state index in [2.05, 4.69) is 5.32 Å². The fourth-order valence-electron chi connectivity index (χ4n) is 2.85. The lowest BCUT2D eigenvalue weighted by atomic mass is 9.99. The fourth-order valence-corrected chi connectivity index (χ4v) is 4.14. The van der Waals surface area contributed by atoms with Crippen molar-refractivity contribution in [3.63, 3.8) is 0 Å². The predicted octanol–water partition coefficient (Wildman–Crippen LogP) is -0.451. The molecule has 0 aliphatic carbocycles. The Hall–Kier alpha value is -2.36. The largest absolute Gasteiger partial charge is 0.477 e. The third-order valence-corrected chi connectivity index (χ3v) is 5.63. The quantitative estimate of drug-likeness (QED) is 0.420. The van der Waals surface area contributed by atoms with Crippen LogP contribution in [0.15, 0.2) is 41.6 Å². The molecule has 2 amide bonds. The number of carboxylic acids is 1. The van der Waals surface area contributed by atoms with Crippen molar-refractivity contribution in [2.75, 3.05) is 5.75 Å². The van der Waals surface area contributed by atoms with E-state index in [1.165, 1.54) is 23.9 Å². The maximum absolute atomic E-state index is 12.4. The van der Waals surface area contributed by atoms with E-state index in [0.29, 0.717) is 11.3 Å². The lowest BCUT2D eigenvalue weighted by Gasteiger charge is -2.49. The molecule has 2 aliphatic rings. The minimum absolute atomic E-state index is 0.0506. The van der Waals surface area contributed by atoms with Gasteiger partial charge in [-0.1, -0.05) is 30.3 Å². The molecule has 1 aromatic carbocycles. The number of amides is 2. The number of hydrogen-bond donors (Lipinski definition) is 4. The number of nitrogens with one attached hydrogen (secondary N) is 1. The number of hydrogen-bond acceptors (Lipinski definition) is 6. The highest BCUT2D eigenvalue weighted by atomic mass is 32.2. The summed E-state index contributed by atoms with van der Waals surface area (Å²) < 4.78 is 0. The molecule has 2 aliphatic heterocycles. The topological polar surface area (TPSA) is 133 Å². The molecule has 1 aromatic rings. The highest BCUT2D eigenvalue weighted by molar-refractivity contribution is 8.00. The summed E-state index contributed by atoms with van der Waals surface area (Å²) in [6.45, 7) is 1.65. The second-order valence-corrected chi connectivity index (χ2v) is 7.03. The first kappa shape index (κ1) is 17.5. The molecule has 1 fully saturated rings. The van der Waals surface area contributed by atoms with Crippen molar-refractivity contribution in [3.8, 4) is 0 Å². The lowest BCUT2D eigenvalue weighted by Crippen LogP contribution is -2.72. The van der Waals surface area contributed by atoms with Gasteiger partial charge in [0.2, 0.25) is 5.72 Å². The van der Waals surface area contributed by atoms with Crippen LogP contribution >= 0.6 is 11.8 Å². The maximum atomic E-state index is 12.4.